The van der Waals surface area contributed by atoms with Gasteiger partial charge in [0, 0.05) is 12.2 Å². The third-order valence-corrected chi connectivity index (χ3v) is 4.37. The van der Waals surface area contributed by atoms with Gasteiger partial charge in [-0.15, -0.1) is 0 Å². The standard InChI is InChI=1S/C20H21N3O2/c24-20(13-25-12-15-8-9-15)22-17-5-3-4-16(10-17)11-23-14-21-18-6-1-2-7-19(18)23/h1-7,10,14-15H,8-9,11-13H2,(H,22,24). The molecule has 1 aliphatic rings. The lowest BCUT2D eigenvalue weighted by molar-refractivity contribution is -0.120. The highest BCUT2D eigenvalue weighted by Gasteiger charge is 2.21. The molecule has 0 bridgehead atoms. The van der Waals surface area contributed by atoms with Gasteiger partial charge in [0.1, 0.15) is 6.61 Å². The fourth-order valence-corrected chi connectivity index (χ4v) is 2.88. The molecule has 1 aliphatic carbocycles. The lowest BCUT2D eigenvalue weighted by Crippen LogP contribution is -2.19. The molecule has 5 nitrogen and oxygen atoms in total. The van der Waals surface area contributed by atoms with Crippen LogP contribution in [0.25, 0.3) is 11.0 Å². The van der Waals surface area contributed by atoms with E-state index in [2.05, 4.69) is 20.9 Å². The maximum atomic E-state index is 12.0. The van der Waals surface area contributed by atoms with Gasteiger partial charge in [-0.1, -0.05) is 24.3 Å². The molecule has 1 aromatic heterocycles. The number of nitrogens with one attached hydrogen (secondary N) is 1. The maximum absolute atomic E-state index is 12.0. The molecule has 1 N–H and O–H groups in total. The third-order valence-electron chi connectivity index (χ3n) is 4.37. The van der Waals surface area contributed by atoms with Crippen LogP contribution in [-0.2, 0) is 16.1 Å². The van der Waals surface area contributed by atoms with Crippen LogP contribution in [0.1, 0.15) is 18.4 Å². The summed E-state index contributed by atoms with van der Waals surface area (Å²) in [6, 6.07) is 16.0. The smallest absolute Gasteiger partial charge is 0.250 e. The minimum absolute atomic E-state index is 0.106. The second-order valence-corrected chi connectivity index (χ2v) is 6.57. The predicted octanol–water partition coefficient (Wildman–Crippen LogP) is 3.45. The molecule has 1 heterocycles. The number of aromatic nitrogens is 2. The average Bonchev–Trinajstić information content (AvgIpc) is 3.35. The SMILES string of the molecule is O=C(COCC1CC1)Nc1cccc(Cn2cnc3ccccc32)c1. The van der Waals surface area contributed by atoms with Crippen molar-refractivity contribution in [2.75, 3.05) is 18.5 Å². The summed E-state index contributed by atoms with van der Waals surface area (Å²) in [5.74, 6) is 0.562. The summed E-state index contributed by atoms with van der Waals surface area (Å²) in [4.78, 5) is 16.4. The topological polar surface area (TPSA) is 56.1 Å². The van der Waals surface area contributed by atoms with E-state index < -0.39 is 0 Å². The molecule has 0 saturated heterocycles. The van der Waals surface area contributed by atoms with E-state index in [4.69, 9.17) is 4.74 Å². The van der Waals surface area contributed by atoms with Crippen molar-refractivity contribution in [3.63, 3.8) is 0 Å². The van der Waals surface area contributed by atoms with E-state index >= 15 is 0 Å². The van der Waals surface area contributed by atoms with Gasteiger partial charge in [-0.3, -0.25) is 4.79 Å². The summed E-state index contributed by atoms with van der Waals surface area (Å²) in [5.41, 5.74) is 3.99. The number of rotatable bonds is 7. The van der Waals surface area contributed by atoms with Crippen LogP contribution in [0.3, 0.4) is 0 Å². The fraction of sp³-hybridized carbons (Fsp3) is 0.300. The van der Waals surface area contributed by atoms with Crippen LogP contribution in [0.15, 0.2) is 54.9 Å². The van der Waals surface area contributed by atoms with Crippen molar-refractivity contribution >= 4 is 22.6 Å². The summed E-state index contributed by atoms with van der Waals surface area (Å²) in [7, 11) is 0. The van der Waals surface area contributed by atoms with E-state index in [0.717, 1.165) is 22.3 Å². The van der Waals surface area contributed by atoms with E-state index in [9.17, 15) is 4.79 Å². The summed E-state index contributed by atoms with van der Waals surface area (Å²) in [5, 5.41) is 2.90. The van der Waals surface area contributed by atoms with Crippen LogP contribution in [0.4, 0.5) is 5.69 Å². The first-order chi connectivity index (χ1) is 12.3. The lowest BCUT2D eigenvalue weighted by Gasteiger charge is -2.09. The van der Waals surface area contributed by atoms with Gasteiger partial charge in [-0.2, -0.15) is 0 Å². The molecule has 25 heavy (non-hydrogen) atoms. The Morgan fingerprint density at radius 1 is 1.20 bits per heavy atom. The largest absolute Gasteiger partial charge is 0.371 e. The summed E-state index contributed by atoms with van der Waals surface area (Å²) in [6.07, 6.45) is 4.31. The van der Waals surface area contributed by atoms with Gasteiger partial charge >= 0.3 is 0 Å². The number of para-hydroxylation sites is 2. The zero-order valence-corrected chi connectivity index (χ0v) is 14.0. The summed E-state index contributed by atoms with van der Waals surface area (Å²) in [6.45, 7) is 1.52. The van der Waals surface area contributed by atoms with Crippen molar-refractivity contribution in [2.45, 2.75) is 19.4 Å². The van der Waals surface area contributed by atoms with Crippen LogP contribution in [0.2, 0.25) is 0 Å². The van der Waals surface area contributed by atoms with E-state index in [0.29, 0.717) is 19.1 Å². The highest BCUT2D eigenvalue weighted by atomic mass is 16.5. The van der Waals surface area contributed by atoms with Crippen LogP contribution >= 0.6 is 0 Å². The Morgan fingerprint density at radius 3 is 2.96 bits per heavy atom. The number of hydrogen-bond donors (Lipinski definition) is 1. The molecule has 2 aromatic carbocycles. The Bertz CT molecular complexity index is 883. The number of anilines is 1. The highest BCUT2D eigenvalue weighted by Crippen LogP contribution is 2.28. The number of hydrogen-bond acceptors (Lipinski definition) is 3. The van der Waals surface area contributed by atoms with Crippen LogP contribution in [-0.4, -0.2) is 28.7 Å². The van der Waals surface area contributed by atoms with Gasteiger partial charge in [0.25, 0.3) is 0 Å². The zero-order chi connectivity index (χ0) is 17.1. The summed E-state index contributed by atoms with van der Waals surface area (Å²) >= 11 is 0. The Labute approximate surface area is 146 Å². The molecule has 4 rings (SSSR count). The highest BCUT2D eigenvalue weighted by molar-refractivity contribution is 5.91. The Hall–Kier alpha value is -2.66. The van der Waals surface area contributed by atoms with Gasteiger partial charge < -0.3 is 14.6 Å². The number of carbonyl (C=O) groups excluding carboxylic acids is 1. The third kappa shape index (κ3) is 4.06. The second-order valence-electron chi connectivity index (χ2n) is 6.57. The van der Waals surface area contributed by atoms with Gasteiger partial charge in [-0.25, -0.2) is 4.98 Å². The molecule has 1 amide bonds. The molecule has 5 heteroatoms. The maximum Gasteiger partial charge on any atom is 0.250 e. The van der Waals surface area contributed by atoms with E-state index in [1.807, 2.05) is 48.8 Å². The monoisotopic (exact) mass is 335 g/mol. The molecular formula is C20H21N3O2. The quantitative estimate of drug-likeness (QED) is 0.719. The minimum atomic E-state index is -0.106. The van der Waals surface area contributed by atoms with E-state index in [-0.39, 0.29) is 12.5 Å². The number of fused-ring (bicyclic) bond motifs is 1. The molecule has 0 spiro atoms. The first-order valence-electron chi connectivity index (χ1n) is 8.64. The number of imidazole rings is 1. The molecule has 0 radical (unpaired) electrons. The molecule has 0 unspecified atom stereocenters. The van der Waals surface area contributed by atoms with Crippen molar-refractivity contribution < 1.29 is 9.53 Å². The Morgan fingerprint density at radius 2 is 2.08 bits per heavy atom. The number of nitrogens with zero attached hydrogens (tertiary/aromatic N) is 2. The predicted molar refractivity (Wildman–Crippen MR) is 97.4 cm³/mol. The van der Waals surface area contributed by atoms with Crippen LogP contribution in [0, 0.1) is 5.92 Å². The Kier molecular flexibility index (Phi) is 4.48. The van der Waals surface area contributed by atoms with Crippen molar-refractivity contribution in [2.24, 2.45) is 5.92 Å². The molecule has 128 valence electrons. The average molecular weight is 335 g/mol. The van der Waals surface area contributed by atoms with Crippen LogP contribution in [0.5, 0.6) is 0 Å². The van der Waals surface area contributed by atoms with E-state index in [1.165, 1.54) is 12.8 Å². The van der Waals surface area contributed by atoms with Gasteiger partial charge in [-0.05, 0) is 48.6 Å². The van der Waals surface area contributed by atoms with Crippen molar-refractivity contribution in [3.05, 3.63) is 60.4 Å². The van der Waals surface area contributed by atoms with Gasteiger partial charge in [0.2, 0.25) is 5.91 Å². The minimum Gasteiger partial charge on any atom is -0.371 e. The first-order valence-corrected chi connectivity index (χ1v) is 8.64. The first kappa shape index (κ1) is 15.8. The van der Waals surface area contributed by atoms with Crippen molar-refractivity contribution in [3.8, 4) is 0 Å². The zero-order valence-electron chi connectivity index (χ0n) is 14.0. The number of amides is 1. The van der Waals surface area contributed by atoms with Crippen molar-refractivity contribution in [1.82, 2.24) is 9.55 Å². The number of ether oxygens (including phenoxy) is 1. The molecule has 1 saturated carbocycles. The lowest BCUT2D eigenvalue weighted by atomic mass is 10.2. The van der Waals surface area contributed by atoms with Gasteiger partial charge in [0.05, 0.1) is 24.0 Å². The molecule has 1 fully saturated rings. The molecule has 3 aromatic rings. The number of carbonyl (C=O) groups is 1. The van der Waals surface area contributed by atoms with Crippen molar-refractivity contribution in [1.29, 1.82) is 0 Å². The fourth-order valence-electron chi connectivity index (χ4n) is 2.88. The molecule has 0 atom stereocenters. The Balaban J connectivity index is 1.39. The van der Waals surface area contributed by atoms with Gasteiger partial charge in [0.15, 0.2) is 0 Å². The molecule has 0 aliphatic heterocycles. The second kappa shape index (κ2) is 7.07. The van der Waals surface area contributed by atoms with Crippen LogP contribution < -0.4 is 5.32 Å². The number of benzene rings is 2. The van der Waals surface area contributed by atoms with E-state index in [1.54, 1.807) is 0 Å². The normalized spacial score (nSPS) is 13.9. The summed E-state index contributed by atoms with van der Waals surface area (Å²) < 4.78 is 7.54. The molecular weight excluding hydrogens is 314 g/mol.